The normalized spacial score (nSPS) is 21.5. The lowest BCUT2D eigenvalue weighted by Crippen LogP contribution is -2.54. The molecule has 9 heteroatoms. The van der Waals surface area contributed by atoms with Crippen LogP contribution in [0.2, 0.25) is 0 Å². The minimum atomic E-state index is -1.04. The van der Waals surface area contributed by atoms with E-state index < -0.39 is 35.2 Å². The predicted molar refractivity (Wildman–Crippen MR) is 106 cm³/mol. The Bertz CT molecular complexity index is 1160. The number of imide groups is 2. The van der Waals surface area contributed by atoms with Gasteiger partial charge in [0.25, 0.3) is 17.7 Å². The molecular weight excluding hydrogens is 400 g/mol. The number of nitrogens with zero attached hydrogens (tertiary/aromatic N) is 2. The molecule has 31 heavy (non-hydrogen) atoms. The highest BCUT2D eigenvalue weighted by Gasteiger charge is 2.48. The van der Waals surface area contributed by atoms with Crippen LogP contribution in [-0.2, 0) is 15.1 Å². The average Bonchev–Trinajstić information content (AvgIpc) is 3.51. The van der Waals surface area contributed by atoms with Crippen LogP contribution in [0.4, 0.5) is 0 Å². The Kier molecular flexibility index (Phi) is 4.21. The van der Waals surface area contributed by atoms with E-state index in [9.17, 15) is 24.0 Å². The first-order valence-corrected chi connectivity index (χ1v) is 9.99. The number of carbonyl (C=O) groups excluding carboxylic acids is 5. The van der Waals surface area contributed by atoms with Crippen LogP contribution >= 0.6 is 0 Å². The Morgan fingerprint density at radius 3 is 2.52 bits per heavy atom. The smallest absolute Gasteiger partial charge is 0.262 e. The van der Waals surface area contributed by atoms with Crippen molar-refractivity contribution in [3.05, 3.63) is 65.0 Å². The Hall–Kier alpha value is -3.88. The van der Waals surface area contributed by atoms with E-state index in [0.717, 1.165) is 23.4 Å². The maximum atomic E-state index is 12.9. The van der Waals surface area contributed by atoms with Gasteiger partial charge in [-0.05, 0) is 49.6 Å². The summed E-state index contributed by atoms with van der Waals surface area (Å²) in [6.07, 6.45) is 3.33. The number of pyridine rings is 1. The number of fused-ring (bicyclic) bond motifs is 1. The van der Waals surface area contributed by atoms with Crippen LogP contribution in [0.25, 0.3) is 0 Å². The van der Waals surface area contributed by atoms with Gasteiger partial charge in [-0.2, -0.15) is 0 Å². The standard InChI is InChI=1S/C22H18N4O5/c27-17-7-6-15(19(29)24-17)26-20(30)13-5-4-12(11-14(13)21(26)31)18(28)25-22(8-9-22)16-3-1-2-10-23-16/h1-5,10-11,15H,6-9H2,(H,25,28)(H,24,27,29). The van der Waals surface area contributed by atoms with E-state index in [-0.39, 0.29) is 35.4 Å². The van der Waals surface area contributed by atoms with Crippen molar-refractivity contribution in [3.63, 3.8) is 0 Å². The zero-order chi connectivity index (χ0) is 21.8. The van der Waals surface area contributed by atoms with Crippen LogP contribution in [0.5, 0.6) is 0 Å². The number of hydrogen-bond donors (Lipinski definition) is 2. The minimum Gasteiger partial charge on any atom is -0.341 e. The summed E-state index contributed by atoms with van der Waals surface area (Å²) in [5, 5.41) is 5.15. The molecule has 9 nitrogen and oxygen atoms in total. The van der Waals surface area contributed by atoms with Gasteiger partial charge in [-0.15, -0.1) is 0 Å². The molecule has 2 aliphatic heterocycles. The summed E-state index contributed by atoms with van der Waals surface area (Å²) in [5.41, 5.74) is 0.713. The summed E-state index contributed by atoms with van der Waals surface area (Å²) in [4.78, 5) is 67.3. The largest absolute Gasteiger partial charge is 0.341 e. The summed E-state index contributed by atoms with van der Waals surface area (Å²) in [6.45, 7) is 0. The number of rotatable bonds is 4. The van der Waals surface area contributed by atoms with Crippen molar-refractivity contribution < 1.29 is 24.0 Å². The van der Waals surface area contributed by atoms with Crippen molar-refractivity contribution >= 4 is 29.5 Å². The molecule has 0 spiro atoms. The maximum Gasteiger partial charge on any atom is 0.262 e. The van der Waals surface area contributed by atoms with Crippen molar-refractivity contribution in [1.82, 2.24) is 20.5 Å². The average molecular weight is 418 g/mol. The number of benzene rings is 1. The Morgan fingerprint density at radius 1 is 1.06 bits per heavy atom. The fourth-order valence-electron chi connectivity index (χ4n) is 4.12. The summed E-state index contributed by atoms with van der Waals surface area (Å²) in [7, 11) is 0. The summed E-state index contributed by atoms with van der Waals surface area (Å²) < 4.78 is 0. The number of nitrogens with one attached hydrogen (secondary N) is 2. The van der Waals surface area contributed by atoms with Crippen molar-refractivity contribution in [2.45, 2.75) is 37.3 Å². The molecule has 3 heterocycles. The second kappa shape index (κ2) is 6.83. The van der Waals surface area contributed by atoms with E-state index >= 15 is 0 Å². The molecule has 2 N–H and O–H groups in total. The quantitative estimate of drug-likeness (QED) is 0.711. The SMILES string of the molecule is O=C1CCC(N2C(=O)c3ccc(C(=O)NC4(c5ccccn5)CC4)cc3C2=O)C(=O)N1. The first-order valence-electron chi connectivity index (χ1n) is 9.99. The number of aromatic nitrogens is 1. The first-order chi connectivity index (χ1) is 14.9. The van der Waals surface area contributed by atoms with E-state index in [0.29, 0.717) is 0 Å². The predicted octanol–water partition coefficient (Wildman–Crippen LogP) is 0.902. The summed E-state index contributed by atoms with van der Waals surface area (Å²) >= 11 is 0. The van der Waals surface area contributed by atoms with E-state index in [1.54, 1.807) is 12.3 Å². The number of hydrogen-bond acceptors (Lipinski definition) is 6. The van der Waals surface area contributed by atoms with E-state index in [1.165, 1.54) is 18.2 Å². The second-order valence-electron chi connectivity index (χ2n) is 7.96. The lowest BCUT2D eigenvalue weighted by molar-refractivity contribution is -0.136. The molecule has 156 valence electrons. The van der Waals surface area contributed by atoms with Gasteiger partial charge in [0.2, 0.25) is 11.8 Å². The summed E-state index contributed by atoms with van der Waals surface area (Å²) in [6, 6.07) is 8.78. The van der Waals surface area contributed by atoms with Gasteiger partial charge in [-0.3, -0.25) is 39.2 Å². The molecule has 5 rings (SSSR count). The van der Waals surface area contributed by atoms with Gasteiger partial charge in [0.15, 0.2) is 0 Å². The molecular formula is C22H18N4O5. The third-order valence-electron chi connectivity index (χ3n) is 5.96. The molecule has 3 aliphatic rings. The lowest BCUT2D eigenvalue weighted by Gasteiger charge is -2.27. The highest BCUT2D eigenvalue weighted by Crippen LogP contribution is 2.44. The van der Waals surface area contributed by atoms with E-state index in [1.807, 2.05) is 12.1 Å². The van der Waals surface area contributed by atoms with Crippen molar-refractivity contribution in [2.24, 2.45) is 0 Å². The zero-order valence-corrected chi connectivity index (χ0v) is 16.4. The van der Waals surface area contributed by atoms with Gasteiger partial charge in [-0.1, -0.05) is 6.07 Å². The van der Waals surface area contributed by atoms with Crippen LogP contribution in [0.15, 0.2) is 42.6 Å². The molecule has 1 aromatic carbocycles. The van der Waals surface area contributed by atoms with Crippen LogP contribution in [0, 0.1) is 0 Å². The van der Waals surface area contributed by atoms with E-state index in [2.05, 4.69) is 15.6 Å². The molecule has 1 aromatic heterocycles. The molecule has 0 radical (unpaired) electrons. The highest BCUT2D eigenvalue weighted by atomic mass is 16.2. The maximum absolute atomic E-state index is 12.9. The van der Waals surface area contributed by atoms with Gasteiger partial charge in [0.05, 0.1) is 22.4 Å². The monoisotopic (exact) mass is 418 g/mol. The van der Waals surface area contributed by atoms with Gasteiger partial charge in [-0.25, -0.2) is 0 Å². The molecule has 2 aromatic rings. The van der Waals surface area contributed by atoms with E-state index in [4.69, 9.17) is 0 Å². The molecule has 2 fully saturated rings. The fourth-order valence-corrected chi connectivity index (χ4v) is 4.12. The zero-order valence-electron chi connectivity index (χ0n) is 16.4. The Morgan fingerprint density at radius 2 is 1.84 bits per heavy atom. The third kappa shape index (κ3) is 3.09. The first kappa shape index (κ1) is 19.1. The molecule has 1 aliphatic carbocycles. The lowest BCUT2D eigenvalue weighted by atomic mass is 10.0. The second-order valence-corrected chi connectivity index (χ2v) is 7.96. The van der Waals surface area contributed by atoms with Crippen LogP contribution in [0.3, 0.4) is 0 Å². The minimum absolute atomic E-state index is 0.0487. The summed E-state index contributed by atoms with van der Waals surface area (Å²) in [5.74, 6) is -2.72. The number of piperidine rings is 1. The van der Waals surface area contributed by atoms with Gasteiger partial charge >= 0.3 is 0 Å². The van der Waals surface area contributed by atoms with Crippen molar-refractivity contribution in [1.29, 1.82) is 0 Å². The van der Waals surface area contributed by atoms with Crippen molar-refractivity contribution in [3.8, 4) is 0 Å². The highest BCUT2D eigenvalue weighted by molar-refractivity contribution is 6.24. The third-order valence-corrected chi connectivity index (χ3v) is 5.96. The topological polar surface area (TPSA) is 126 Å². The Balaban J connectivity index is 1.39. The Labute approximate surface area is 176 Å². The molecule has 1 atom stereocenters. The number of carbonyl (C=O) groups is 5. The van der Waals surface area contributed by atoms with Crippen LogP contribution in [0.1, 0.15) is 62.5 Å². The van der Waals surface area contributed by atoms with Gasteiger partial charge < -0.3 is 5.32 Å². The van der Waals surface area contributed by atoms with Crippen LogP contribution in [-0.4, -0.2) is 45.5 Å². The fraction of sp³-hybridized carbons (Fsp3) is 0.273. The molecule has 5 amide bonds. The molecule has 1 unspecified atom stereocenters. The molecule has 0 bridgehead atoms. The van der Waals surface area contributed by atoms with Gasteiger partial charge in [0.1, 0.15) is 6.04 Å². The molecule has 1 saturated heterocycles. The molecule has 1 saturated carbocycles. The van der Waals surface area contributed by atoms with Gasteiger partial charge in [0, 0.05) is 18.2 Å². The van der Waals surface area contributed by atoms with Crippen molar-refractivity contribution in [2.75, 3.05) is 0 Å². The van der Waals surface area contributed by atoms with Crippen LogP contribution < -0.4 is 10.6 Å². The number of amides is 5.